The zero-order valence-corrected chi connectivity index (χ0v) is 9.46. The van der Waals surface area contributed by atoms with Crippen molar-refractivity contribution < 1.29 is 0 Å². The largest absolute Gasteiger partial charge is 0.322 e. The maximum atomic E-state index is 5.97. The molecule has 0 bridgehead atoms. The molecule has 0 saturated carbocycles. The Balaban J connectivity index is 2.12. The molecule has 1 fully saturated rings. The summed E-state index contributed by atoms with van der Waals surface area (Å²) in [5.41, 5.74) is 0. The molecule has 4 heteroatoms. The summed E-state index contributed by atoms with van der Waals surface area (Å²) in [6, 6.07) is 0. The van der Waals surface area contributed by atoms with E-state index in [-0.39, 0.29) is 0 Å². The number of imidazole rings is 1. The molecule has 78 valence electrons. The highest BCUT2D eigenvalue weighted by atomic mass is 35.5. The molecule has 14 heavy (non-hydrogen) atoms. The second-order valence-electron chi connectivity index (χ2n) is 4.08. The van der Waals surface area contributed by atoms with Crippen LogP contribution in [0.4, 0.5) is 0 Å². The lowest BCUT2D eigenvalue weighted by molar-refractivity contribution is 0.249. The molecule has 0 spiro atoms. The van der Waals surface area contributed by atoms with Gasteiger partial charge in [-0.3, -0.25) is 0 Å². The van der Waals surface area contributed by atoms with Gasteiger partial charge in [0, 0.05) is 13.0 Å². The molecule has 1 aliphatic heterocycles. The van der Waals surface area contributed by atoms with Gasteiger partial charge >= 0.3 is 0 Å². The Morgan fingerprint density at radius 2 is 2.00 bits per heavy atom. The molecule has 1 saturated heterocycles. The van der Waals surface area contributed by atoms with E-state index in [9.17, 15) is 0 Å². The average molecular weight is 214 g/mol. The van der Waals surface area contributed by atoms with Crippen molar-refractivity contribution in [3.63, 3.8) is 0 Å². The van der Waals surface area contributed by atoms with Crippen LogP contribution in [-0.4, -0.2) is 34.6 Å². The van der Waals surface area contributed by atoms with Crippen LogP contribution in [0, 0.1) is 0 Å². The van der Waals surface area contributed by atoms with E-state index in [0.29, 0.717) is 5.92 Å². The number of likely N-dealkylation sites (tertiary alicyclic amines) is 1. The lowest BCUT2D eigenvalue weighted by Gasteiger charge is -2.28. The summed E-state index contributed by atoms with van der Waals surface area (Å²) in [5, 5.41) is 0.735. The van der Waals surface area contributed by atoms with Crippen molar-refractivity contribution in [2.75, 3.05) is 20.1 Å². The van der Waals surface area contributed by atoms with E-state index < -0.39 is 0 Å². The van der Waals surface area contributed by atoms with Gasteiger partial charge in [-0.2, -0.15) is 0 Å². The smallest absolute Gasteiger partial charge is 0.128 e. The number of hydrogen-bond donors (Lipinski definition) is 0. The lowest BCUT2D eigenvalue weighted by Crippen LogP contribution is -2.30. The van der Waals surface area contributed by atoms with Crippen LogP contribution in [0.3, 0.4) is 0 Å². The minimum absolute atomic E-state index is 0.587. The first-order valence-corrected chi connectivity index (χ1v) is 5.42. The number of aromatic nitrogens is 2. The number of nitrogens with zero attached hydrogens (tertiary/aromatic N) is 3. The van der Waals surface area contributed by atoms with Gasteiger partial charge in [-0.1, -0.05) is 11.6 Å². The fourth-order valence-electron chi connectivity index (χ4n) is 2.05. The molecule has 2 rings (SSSR count). The van der Waals surface area contributed by atoms with E-state index in [1.165, 1.54) is 12.8 Å². The van der Waals surface area contributed by atoms with Crippen molar-refractivity contribution in [2.24, 2.45) is 7.05 Å². The molecule has 0 atom stereocenters. The topological polar surface area (TPSA) is 21.1 Å². The van der Waals surface area contributed by atoms with E-state index in [0.717, 1.165) is 24.1 Å². The summed E-state index contributed by atoms with van der Waals surface area (Å²) in [6.45, 7) is 2.32. The second-order valence-corrected chi connectivity index (χ2v) is 4.46. The lowest BCUT2D eigenvalue weighted by atomic mass is 9.96. The first kappa shape index (κ1) is 9.99. The fraction of sp³-hybridized carbons (Fsp3) is 0.700. The first-order valence-electron chi connectivity index (χ1n) is 5.04. The SMILES string of the molecule is CN1CCC(c2ncc(Cl)n2C)CC1. The summed E-state index contributed by atoms with van der Waals surface area (Å²) in [7, 11) is 4.16. The van der Waals surface area contributed by atoms with Gasteiger partial charge in [0.05, 0.1) is 6.20 Å². The maximum Gasteiger partial charge on any atom is 0.128 e. The van der Waals surface area contributed by atoms with E-state index >= 15 is 0 Å². The molecule has 0 aromatic carbocycles. The maximum absolute atomic E-state index is 5.97. The van der Waals surface area contributed by atoms with Crippen LogP contribution in [0.1, 0.15) is 24.6 Å². The molecule has 0 aliphatic carbocycles. The molecule has 0 unspecified atom stereocenters. The van der Waals surface area contributed by atoms with Crippen LogP contribution in [0.25, 0.3) is 0 Å². The van der Waals surface area contributed by atoms with Gasteiger partial charge < -0.3 is 9.47 Å². The van der Waals surface area contributed by atoms with Gasteiger partial charge in [0.25, 0.3) is 0 Å². The Morgan fingerprint density at radius 3 is 2.50 bits per heavy atom. The summed E-state index contributed by atoms with van der Waals surface area (Å²) < 4.78 is 2.00. The van der Waals surface area contributed by atoms with Crippen LogP contribution < -0.4 is 0 Å². The minimum Gasteiger partial charge on any atom is -0.322 e. The Hall–Kier alpha value is -0.540. The highest BCUT2D eigenvalue weighted by Gasteiger charge is 2.22. The molecule has 0 N–H and O–H groups in total. The van der Waals surface area contributed by atoms with Crippen molar-refractivity contribution in [1.82, 2.24) is 14.5 Å². The Bertz CT molecular complexity index is 313. The molecule has 1 aliphatic rings. The molecule has 0 amide bonds. The zero-order chi connectivity index (χ0) is 10.1. The number of hydrogen-bond acceptors (Lipinski definition) is 2. The van der Waals surface area contributed by atoms with Crippen LogP contribution >= 0.6 is 11.6 Å². The van der Waals surface area contributed by atoms with Crippen molar-refractivity contribution >= 4 is 11.6 Å². The van der Waals surface area contributed by atoms with E-state index in [4.69, 9.17) is 11.6 Å². The number of rotatable bonds is 1. The van der Waals surface area contributed by atoms with E-state index in [1.54, 1.807) is 6.20 Å². The predicted molar refractivity (Wildman–Crippen MR) is 57.7 cm³/mol. The summed E-state index contributed by atoms with van der Waals surface area (Å²) in [4.78, 5) is 6.74. The fourth-order valence-corrected chi connectivity index (χ4v) is 2.18. The highest BCUT2D eigenvalue weighted by molar-refractivity contribution is 6.29. The second kappa shape index (κ2) is 3.91. The summed E-state index contributed by atoms with van der Waals surface area (Å²) in [6.07, 6.45) is 4.13. The Labute approximate surface area is 89.7 Å². The van der Waals surface area contributed by atoms with Gasteiger partial charge in [0.15, 0.2) is 0 Å². The normalized spacial score (nSPS) is 20.2. The van der Waals surface area contributed by atoms with Gasteiger partial charge in [-0.05, 0) is 33.0 Å². The van der Waals surface area contributed by atoms with Crippen LogP contribution in [0.2, 0.25) is 5.15 Å². The molecular weight excluding hydrogens is 198 g/mol. The van der Waals surface area contributed by atoms with Gasteiger partial charge in [0.1, 0.15) is 11.0 Å². The Kier molecular flexibility index (Phi) is 2.79. The van der Waals surface area contributed by atoms with Gasteiger partial charge in [-0.25, -0.2) is 4.98 Å². The quantitative estimate of drug-likeness (QED) is 0.711. The minimum atomic E-state index is 0.587. The highest BCUT2D eigenvalue weighted by Crippen LogP contribution is 2.27. The van der Waals surface area contributed by atoms with E-state index in [1.807, 2.05) is 11.6 Å². The monoisotopic (exact) mass is 213 g/mol. The molecule has 3 nitrogen and oxygen atoms in total. The number of piperidine rings is 1. The third kappa shape index (κ3) is 1.79. The standard InChI is InChI=1S/C10H16ClN3/c1-13-5-3-8(4-6-13)10-12-7-9(11)14(10)2/h7-8H,3-6H2,1-2H3. The third-order valence-corrected chi connectivity index (χ3v) is 3.40. The van der Waals surface area contributed by atoms with Crippen LogP contribution in [0.5, 0.6) is 0 Å². The molecule has 2 heterocycles. The summed E-state index contributed by atoms with van der Waals surface area (Å²) in [5.74, 6) is 1.73. The zero-order valence-electron chi connectivity index (χ0n) is 8.70. The molecule has 1 aromatic heterocycles. The van der Waals surface area contributed by atoms with Crippen LogP contribution in [0.15, 0.2) is 6.20 Å². The van der Waals surface area contributed by atoms with Crippen molar-refractivity contribution in [3.05, 3.63) is 17.2 Å². The third-order valence-electron chi connectivity index (χ3n) is 3.05. The van der Waals surface area contributed by atoms with Crippen molar-refractivity contribution in [1.29, 1.82) is 0 Å². The number of halogens is 1. The van der Waals surface area contributed by atoms with Crippen molar-refractivity contribution in [2.45, 2.75) is 18.8 Å². The average Bonchev–Trinajstić information content (AvgIpc) is 2.50. The summed E-state index contributed by atoms with van der Waals surface area (Å²) >= 11 is 5.97. The van der Waals surface area contributed by atoms with Crippen LogP contribution in [-0.2, 0) is 7.05 Å². The molecule has 0 radical (unpaired) electrons. The van der Waals surface area contributed by atoms with E-state index in [2.05, 4.69) is 16.9 Å². The van der Waals surface area contributed by atoms with Crippen molar-refractivity contribution in [3.8, 4) is 0 Å². The van der Waals surface area contributed by atoms with Gasteiger partial charge in [0.2, 0.25) is 0 Å². The first-order chi connectivity index (χ1) is 6.68. The Morgan fingerprint density at radius 1 is 1.36 bits per heavy atom. The predicted octanol–water partition coefficient (Wildman–Crippen LogP) is 1.88. The van der Waals surface area contributed by atoms with Gasteiger partial charge in [-0.15, -0.1) is 0 Å². The molecule has 1 aromatic rings. The molecular formula is C10H16ClN3.